The summed E-state index contributed by atoms with van der Waals surface area (Å²) in [6.07, 6.45) is 0.486. The number of aryl methyl sites for hydroxylation is 1. The van der Waals surface area contributed by atoms with Crippen molar-refractivity contribution in [2.45, 2.75) is 20.3 Å². The van der Waals surface area contributed by atoms with E-state index < -0.39 is 5.92 Å². The number of halogens is 2. The van der Waals surface area contributed by atoms with Crippen LogP contribution < -0.4 is 5.32 Å². The lowest BCUT2D eigenvalue weighted by Gasteiger charge is -2.11. The zero-order valence-electron chi connectivity index (χ0n) is 9.55. The number of carbonyl (C=O) groups excluding carboxylic acids is 1. The summed E-state index contributed by atoms with van der Waals surface area (Å²) in [6, 6.07) is 5.45. The number of anilines is 1. The molecule has 0 aliphatic rings. The molecule has 0 saturated carbocycles. The third-order valence-corrected chi connectivity index (χ3v) is 3.45. The number of nitriles is 1. The molecule has 0 aliphatic carbocycles. The molecule has 0 aromatic heterocycles. The van der Waals surface area contributed by atoms with Gasteiger partial charge in [0, 0.05) is 9.50 Å². The maximum atomic E-state index is 11.7. The molecule has 1 amide bonds. The fourth-order valence-corrected chi connectivity index (χ4v) is 2.02. The number of benzene rings is 1. The van der Waals surface area contributed by atoms with Gasteiger partial charge < -0.3 is 5.32 Å². The van der Waals surface area contributed by atoms with Crippen LogP contribution in [0.4, 0.5) is 5.69 Å². The Morgan fingerprint density at radius 2 is 2.29 bits per heavy atom. The number of carbonyl (C=O) groups is 1. The molecule has 17 heavy (non-hydrogen) atoms. The molecule has 5 heteroatoms. The second-order valence-corrected chi connectivity index (χ2v) is 4.92. The Morgan fingerprint density at radius 3 is 2.82 bits per heavy atom. The number of rotatable bonds is 3. The van der Waals surface area contributed by atoms with Gasteiger partial charge in [0.1, 0.15) is 5.92 Å². The zero-order chi connectivity index (χ0) is 13.0. The summed E-state index contributed by atoms with van der Waals surface area (Å²) in [5.74, 6) is -0.947. The summed E-state index contributed by atoms with van der Waals surface area (Å²) in [6.45, 7) is 3.67. The van der Waals surface area contributed by atoms with E-state index in [0.29, 0.717) is 17.1 Å². The first-order valence-electron chi connectivity index (χ1n) is 5.15. The van der Waals surface area contributed by atoms with Crippen molar-refractivity contribution in [2.75, 3.05) is 5.32 Å². The van der Waals surface area contributed by atoms with E-state index in [-0.39, 0.29) is 5.91 Å². The zero-order valence-corrected chi connectivity index (χ0v) is 11.9. The Morgan fingerprint density at radius 1 is 1.65 bits per heavy atom. The normalized spacial score (nSPS) is 11.7. The molecule has 0 heterocycles. The molecule has 1 N–H and O–H groups in total. The standard InChI is InChI=1S/C12H12BrClN2O/c1-3-8(6-15)12(17)16-11-5-10(14)7(2)4-9(11)13/h4-5,8H,3H2,1-2H3,(H,16,17). The molecule has 0 bridgehead atoms. The van der Waals surface area contributed by atoms with Crippen molar-refractivity contribution in [3.8, 4) is 6.07 Å². The van der Waals surface area contributed by atoms with Crippen LogP contribution in [0.1, 0.15) is 18.9 Å². The molecule has 1 unspecified atom stereocenters. The van der Waals surface area contributed by atoms with Gasteiger partial charge in [0.2, 0.25) is 5.91 Å². The lowest BCUT2D eigenvalue weighted by atomic mass is 10.1. The van der Waals surface area contributed by atoms with Crippen molar-refractivity contribution in [1.29, 1.82) is 5.26 Å². The highest BCUT2D eigenvalue weighted by molar-refractivity contribution is 9.10. The first-order valence-corrected chi connectivity index (χ1v) is 6.32. The van der Waals surface area contributed by atoms with E-state index in [1.807, 2.05) is 19.1 Å². The fraction of sp³-hybridized carbons (Fsp3) is 0.333. The molecule has 0 saturated heterocycles. The monoisotopic (exact) mass is 314 g/mol. The van der Waals surface area contributed by atoms with Gasteiger partial charge in [-0.05, 0) is 47.0 Å². The maximum absolute atomic E-state index is 11.7. The number of nitrogens with one attached hydrogen (secondary N) is 1. The summed E-state index contributed by atoms with van der Waals surface area (Å²) in [7, 11) is 0. The highest BCUT2D eigenvalue weighted by Gasteiger charge is 2.16. The Bertz CT molecular complexity index is 482. The van der Waals surface area contributed by atoms with Crippen LogP contribution in [0, 0.1) is 24.2 Å². The second-order valence-electron chi connectivity index (χ2n) is 3.66. The van der Waals surface area contributed by atoms with E-state index in [1.54, 1.807) is 13.0 Å². The van der Waals surface area contributed by atoms with E-state index in [1.165, 1.54) is 0 Å². The van der Waals surface area contributed by atoms with Crippen molar-refractivity contribution >= 4 is 39.1 Å². The van der Waals surface area contributed by atoms with Crippen LogP contribution in [0.3, 0.4) is 0 Å². The second kappa shape index (κ2) is 6.04. The summed E-state index contributed by atoms with van der Waals surface area (Å²) >= 11 is 9.33. The third kappa shape index (κ3) is 3.45. The largest absolute Gasteiger partial charge is 0.324 e. The molecule has 0 fully saturated rings. The average molecular weight is 316 g/mol. The Balaban J connectivity index is 2.93. The molecule has 1 atom stereocenters. The van der Waals surface area contributed by atoms with Crippen molar-refractivity contribution in [2.24, 2.45) is 5.92 Å². The lowest BCUT2D eigenvalue weighted by molar-refractivity contribution is -0.118. The van der Waals surface area contributed by atoms with Gasteiger partial charge in [0.05, 0.1) is 11.8 Å². The first-order chi connectivity index (χ1) is 7.99. The maximum Gasteiger partial charge on any atom is 0.241 e. The van der Waals surface area contributed by atoms with Crippen LogP contribution >= 0.6 is 27.5 Å². The minimum atomic E-state index is -0.637. The number of hydrogen-bond acceptors (Lipinski definition) is 2. The quantitative estimate of drug-likeness (QED) is 0.919. The van der Waals surface area contributed by atoms with Crippen LogP contribution in [0.5, 0.6) is 0 Å². The predicted octanol–water partition coefficient (Wildman–Crippen LogP) is 3.90. The van der Waals surface area contributed by atoms with Gasteiger partial charge in [-0.25, -0.2) is 0 Å². The van der Waals surface area contributed by atoms with Crippen molar-refractivity contribution in [1.82, 2.24) is 0 Å². The Kier molecular flexibility index (Phi) is 4.98. The Hall–Kier alpha value is -1.05. The van der Waals surface area contributed by atoms with E-state index in [0.717, 1.165) is 10.0 Å². The number of nitrogens with zero attached hydrogens (tertiary/aromatic N) is 1. The van der Waals surface area contributed by atoms with Crippen LogP contribution in [0.15, 0.2) is 16.6 Å². The highest BCUT2D eigenvalue weighted by atomic mass is 79.9. The van der Waals surface area contributed by atoms with Crippen molar-refractivity contribution < 1.29 is 4.79 Å². The van der Waals surface area contributed by atoms with Gasteiger partial charge in [-0.1, -0.05) is 18.5 Å². The van der Waals surface area contributed by atoms with E-state index >= 15 is 0 Å². The van der Waals surface area contributed by atoms with Gasteiger partial charge in [-0.3, -0.25) is 4.79 Å². The van der Waals surface area contributed by atoms with Gasteiger partial charge in [-0.15, -0.1) is 0 Å². The molecule has 1 rings (SSSR count). The molecule has 1 aromatic rings. The molecule has 0 spiro atoms. The number of hydrogen-bond donors (Lipinski definition) is 1. The molecule has 90 valence electrons. The third-order valence-electron chi connectivity index (χ3n) is 2.39. The van der Waals surface area contributed by atoms with E-state index in [9.17, 15) is 4.79 Å². The first kappa shape index (κ1) is 14.0. The smallest absolute Gasteiger partial charge is 0.241 e. The van der Waals surface area contributed by atoms with Gasteiger partial charge in [-0.2, -0.15) is 5.26 Å². The van der Waals surface area contributed by atoms with Crippen LogP contribution in [0.2, 0.25) is 5.02 Å². The number of amides is 1. The SMILES string of the molecule is CCC(C#N)C(=O)Nc1cc(Cl)c(C)cc1Br. The van der Waals surface area contributed by atoms with Crippen molar-refractivity contribution in [3.63, 3.8) is 0 Å². The minimum absolute atomic E-state index is 0.310. The summed E-state index contributed by atoms with van der Waals surface area (Å²) < 4.78 is 0.751. The van der Waals surface area contributed by atoms with E-state index in [4.69, 9.17) is 16.9 Å². The van der Waals surface area contributed by atoms with Crippen LogP contribution in [-0.4, -0.2) is 5.91 Å². The van der Waals surface area contributed by atoms with Crippen LogP contribution in [-0.2, 0) is 4.79 Å². The van der Waals surface area contributed by atoms with Gasteiger partial charge >= 0.3 is 0 Å². The Labute approximate surface area is 114 Å². The molecule has 0 aliphatic heterocycles. The molecule has 3 nitrogen and oxygen atoms in total. The van der Waals surface area contributed by atoms with Gasteiger partial charge in [0.15, 0.2) is 0 Å². The average Bonchev–Trinajstić information content (AvgIpc) is 2.27. The molecule has 0 radical (unpaired) electrons. The van der Waals surface area contributed by atoms with Crippen LogP contribution in [0.25, 0.3) is 0 Å². The summed E-state index contributed by atoms with van der Waals surface area (Å²) in [5.41, 5.74) is 1.50. The molecule has 1 aromatic carbocycles. The molecular weight excluding hydrogens is 304 g/mol. The molecular formula is C12H12BrClN2O. The van der Waals surface area contributed by atoms with Crippen molar-refractivity contribution in [3.05, 3.63) is 27.2 Å². The lowest BCUT2D eigenvalue weighted by Crippen LogP contribution is -2.21. The summed E-state index contributed by atoms with van der Waals surface area (Å²) in [5, 5.41) is 12.1. The van der Waals surface area contributed by atoms with E-state index in [2.05, 4.69) is 21.2 Å². The highest BCUT2D eigenvalue weighted by Crippen LogP contribution is 2.29. The predicted molar refractivity (Wildman–Crippen MR) is 71.9 cm³/mol. The minimum Gasteiger partial charge on any atom is -0.324 e. The topological polar surface area (TPSA) is 52.9 Å². The summed E-state index contributed by atoms with van der Waals surface area (Å²) in [4.78, 5) is 11.7. The van der Waals surface area contributed by atoms with Gasteiger partial charge in [0.25, 0.3) is 0 Å². The fourth-order valence-electron chi connectivity index (χ4n) is 1.30.